The molecule has 0 unspecified atom stereocenters. The molecular weight excluding hydrogens is 240 g/mol. The Kier molecular flexibility index (Phi) is 4.30. The minimum absolute atomic E-state index is 0.263. The molecule has 0 aliphatic heterocycles. The number of anilines is 1. The van der Waals surface area contributed by atoms with Crippen LogP contribution in [0.3, 0.4) is 0 Å². The first-order valence-corrected chi connectivity index (χ1v) is 6.36. The van der Waals surface area contributed by atoms with Gasteiger partial charge in [-0.05, 0) is 12.0 Å². The molecule has 19 heavy (non-hydrogen) atoms. The number of nitrogens with two attached hydrogens (primary N) is 1. The van der Waals surface area contributed by atoms with Gasteiger partial charge in [0, 0.05) is 11.8 Å². The number of carbonyl (C=O) groups excluding carboxylic acids is 1. The number of aromatic nitrogens is 2. The average molecular weight is 258 g/mol. The number of aromatic amines is 1. The lowest BCUT2D eigenvalue weighted by Gasteiger charge is -2.10. The Balaban J connectivity index is 2.00. The standard InChI is InChI=1S/C14H18N4O/c1-2-6-11-9-12(18-17-11)16-14(19)13(15)10-7-4-3-5-8-10/h3-5,7-9,13H,2,6,15H2,1H3,(H2,16,17,18,19)/t13-/m1/s1. The van der Waals surface area contributed by atoms with Crippen molar-refractivity contribution in [3.05, 3.63) is 47.7 Å². The molecule has 1 atom stereocenters. The van der Waals surface area contributed by atoms with Crippen LogP contribution in [0.4, 0.5) is 5.82 Å². The van der Waals surface area contributed by atoms with Gasteiger partial charge in [-0.15, -0.1) is 0 Å². The highest BCUT2D eigenvalue weighted by molar-refractivity contribution is 5.94. The monoisotopic (exact) mass is 258 g/mol. The molecule has 0 saturated carbocycles. The molecular formula is C14H18N4O. The first kappa shape index (κ1) is 13.3. The van der Waals surface area contributed by atoms with Gasteiger partial charge < -0.3 is 11.1 Å². The van der Waals surface area contributed by atoms with Crippen LogP contribution in [0.1, 0.15) is 30.6 Å². The minimum atomic E-state index is -0.687. The van der Waals surface area contributed by atoms with Crippen LogP contribution in [0.5, 0.6) is 0 Å². The predicted molar refractivity (Wildman–Crippen MR) is 74.6 cm³/mol. The summed E-state index contributed by atoms with van der Waals surface area (Å²) in [6, 6.07) is 10.4. The first-order chi connectivity index (χ1) is 9.20. The molecule has 1 amide bonds. The Morgan fingerprint density at radius 1 is 1.42 bits per heavy atom. The van der Waals surface area contributed by atoms with Gasteiger partial charge >= 0.3 is 0 Å². The van der Waals surface area contributed by atoms with Crippen LogP contribution in [0.2, 0.25) is 0 Å². The normalized spacial score (nSPS) is 12.1. The van der Waals surface area contributed by atoms with Crippen LogP contribution in [0.25, 0.3) is 0 Å². The smallest absolute Gasteiger partial charge is 0.247 e. The summed E-state index contributed by atoms with van der Waals surface area (Å²) in [4.78, 5) is 12.0. The minimum Gasteiger partial charge on any atom is -0.316 e. The Morgan fingerprint density at radius 2 is 2.16 bits per heavy atom. The number of amides is 1. The molecule has 1 aromatic heterocycles. The van der Waals surface area contributed by atoms with Crippen molar-refractivity contribution in [1.29, 1.82) is 0 Å². The van der Waals surface area contributed by atoms with Crippen molar-refractivity contribution in [2.75, 3.05) is 5.32 Å². The second-order valence-corrected chi connectivity index (χ2v) is 4.41. The van der Waals surface area contributed by atoms with Crippen LogP contribution in [-0.4, -0.2) is 16.1 Å². The summed E-state index contributed by atoms with van der Waals surface area (Å²) in [6.45, 7) is 2.09. The molecule has 4 N–H and O–H groups in total. The fourth-order valence-corrected chi connectivity index (χ4v) is 1.84. The van der Waals surface area contributed by atoms with E-state index in [2.05, 4.69) is 22.4 Å². The lowest BCUT2D eigenvalue weighted by molar-refractivity contribution is -0.117. The molecule has 0 bridgehead atoms. The van der Waals surface area contributed by atoms with Crippen molar-refractivity contribution in [1.82, 2.24) is 10.2 Å². The number of carbonyl (C=O) groups is 1. The zero-order valence-electron chi connectivity index (χ0n) is 10.9. The van der Waals surface area contributed by atoms with Crippen LogP contribution < -0.4 is 11.1 Å². The summed E-state index contributed by atoms with van der Waals surface area (Å²) in [5.74, 6) is 0.251. The maximum Gasteiger partial charge on any atom is 0.247 e. The number of nitrogens with zero attached hydrogens (tertiary/aromatic N) is 1. The van der Waals surface area contributed by atoms with Crippen molar-refractivity contribution >= 4 is 11.7 Å². The maximum absolute atomic E-state index is 12.0. The summed E-state index contributed by atoms with van der Waals surface area (Å²) >= 11 is 0. The van der Waals surface area contributed by atoms with Crippen molar-refractivity contribution in [2.45, 2.75) is 25.8 Å². The van der Waals surface area contributed by atoms with Crippen molar-refractivity contribution in [3.8, 4) is 0 Å². The fraction of sp³-hybridized carbons (Fsp3) is 0.286. The van der Waals surface area contributed by atoms with Gasteiger partial charge in [0.2, 0.25) is 5.91 Å². The number of H-pyrrole nitrogens is 1. The van der Waals surface area contributed by atoms with Crippen LogP contribution in [0.15, 0.2) is 36.4 Å². The van der Waals surface area contributed by atoms with E-state index in [1.54, 1.807) is 0 Å². The third-order valence-electron chi connectivity index (χ3n) is 2.84. The molecule has 5 heteroatoms. The van der Waals surface area contributed by atoms with Gasteiger partial charge in [-0.25, -0.2) is 0 Å². The average Bonchev–Trinajstić information content (AvgIpc) is 2.86. The Bertz CT molecular complexity index is 535. The van der Waals surface area contributed by atoms with Crippen LogP contribution in [0, 0.1) is 0 Å². The van der Waals surface area contributed by atoms with Crippen molar-refractivity contribution < 1.29 is 4.79 Å². The number of nitrogens with one attached hydrogen (secondary N) is 2. The zero-order valence-corrected chi connectivity index (χ0v) is 10.9. The molecule has 100 valence electrons. The number of benzene rings is 1. The molecule has 0 radical (unpaired) electrons. The van der Waals surface area contributed by atoms with E-state index in [-0.39, 0.29) is 5.91 Å². The Hall–Kier alpha value is -2.14. The van der Waals surface area contributed by atoms with E-state index in [1.165, 1.54) is 0 Å². The highest BCUT2D eigenvalue weighted by Crippen LogP contribution is 2.13. The SMILES string of the molecule is CCCc1cc(NC(=O)[C@H](N)c2ccccc2)n[nH]1. The molecule has 2 rings (SSSR count). The number of hydrogen-bond donors (Lipinski definition) is 3. The first-order valence-electron chi connectivity index (χ1n) is 6.36. The summed E-state index contributed by atoms with van der Waals surface area (Å²) in [5.41, 5.74) is 7.69. The molecule has 2 aromatic rings. The second kappa shape index (κ2) is 6.15. The van der Waals surface area contributed by atoms with Gasteiger partial charge in [-0.2, -0.15) is 5.10 Å². The van der Waals surface area contributed by atoms with Crippen molar-refractivity contribution in [2.24, 2.45) is 5.73 Å². The van der Waals surface area contributed by atoms with E-state index in [9.17, 15) is 4.79 Å². The lowest BCUT2D eigenvalue weighted by Crippen LogP contribution is -2.27. The second-order valence-electron chi connectivity index (χ2n) is 4.41. The predicted octanol–water partition coefficient (Wildman–Crippen LogP) is 2.00. The van der Waals surface area contributed by atoms with Gasteiger partial charge in [0.05, 0.1) is 0 Å². The van der Waals surface area contributed by atoms with E-state index in [0.29, 0.717) is 5.82 Å². The van der Waals surface area contributed by atoms with Gasteiger partial charge in [-0.3, -0.25) is 9.89 Å². The van der Waals surface area contributed by atoms with E-state index < -0.39 is 6.04 Å². The summed E-state index contributed by atoms with van der Waals surface area (Å²) in [5, 5.41) is 9.64. The van der Waals surface area contributed by atoms with Gasteiger partial charge in [0.25, 0.3) is 0 Å². The molecule has 1 aromatic carbocycles. The number of hydrogen-bond acceptors (Lipinski definition) is 3. The molecule has 0 fully saturated rings. The van der Waals surface area contributed by atoms with E-state index >= 15 is 0 Å². The van der Waals surface area contributed by atoms with Gasteiger partial charge in [0.15, 0.2) is 5.82 Å². The summed E-state index contributed by atoms with van der Waals surface area (Å²) in [6.07, 6.45) is 1.94. The largest absolute Gasteiger partial charge is 0.316 e. The number of rotatable bonds is 5. The highest BCUT2D eigenvalue weighted by Gasteiger charge is 2.16. The van der Waals surface area contributed by atoms with Crippen LogP contribution in [-0.2, 0) is 11.2 Å². The van der Waals surface area contributed by atoms with Crippen molar-refractivity contribution in [3.63, 3.8) is 0 Å². The molecule has 0 saturated heterocycles. The third-order valence-corrected chi connectivity index (χ3v) is 2.84. The summed E-state index contributed by atoms with van der Waals surface area (Å²) in [7, 11) is 0. The molecule has 5 nitrogen and oxygen atoms in total. The Labute approximate surface area is 112 Å². The third kappa shape index (κ3) is 3.42. The highest BCUT2D eigenvalue weighted by atomic mass is 16.2. The summed E-state index contributed by atoms with van der Waals surface area (Å²) < 4.78 is 0. The van der Waals surface area contributed by atoms with E-state index in [1.807, 2.05) is 36.4 Å². The van der Waals surface area contributed by atoms with E-state index in [4.69, 9.17) is 5.73 Å². The van der Waals surface area contributed by atoms with Gasteiger partial charge in [0.1, 0.15) is 6.04 Å². The zero-order chi connectivity index (χ0) is 13.7. The number of aryl methyl sites for hydroxylation is 1. The maximum atomic E-state index is 12.0. The topological polar surface area (TPSA) is 83.8 Å². The fourth-order valence-electron chi connectivity index (χ4n) is 1.84. The molecule has 0 spiro atoms. The quantitative estimate of drug-likeness (QED) is 0.767. The van der Waals surface area contributed by atoms with Gasteiger partial charge in [-0.1, -0.05) is 43.7 Å². The van der Waals surface area contributed by atoms with E-state index in [0.717, 1.165) is 24.1 Å². The lowest BCUT2D eigenvalue weighted by atomic mass is 10.1. The molecule has 1 heterocycles. The van der Waals surface area contributed by atoms with Crippen LogP contribution >= 0.6 is 0 Å². The molecule has 0 aliphatic carbocycles. The molecule has 0 aliphatic rings. The Morgan fingerprint density at radius 3 is 2.84 bits per heavy atom.